The van der Waals surface area contributed by atoms with Crippen molar-refractivity contribution in [3.05, 3.63) is 52.0 Å². The van der Waals surface area contributed by atoms with Crippen LogP contribution in [0, 0.1) is 0 Å². The lowest BCUT2D eigenvalue weighted by molar-refractivity contribution is -0.119. The number of rotatable bonds is 5. The Morgan fingerprint density at radius 3 is 2.83 bits per heavy atom. The summed E-state index contributed by atoms with van der Waals surface area (Å²) in [6, 6.07) is 7.76. The van der Waals surface area contributed by atoms with Gasteiger partial charge < -0.3 is 0 Å². The van der Waals surface area contributed by atoms with Crippen molar-refractivity contribution in [1.29, 1.82) is 0 Å². The monoisotopic (exact) mass is 351 g/mol. The van der Waals surface area contributed by atoms with Crippen molar-refractivity contribution in [2.45, 2.75) is 25.8 Å². The molecule has 1 amide bonds. The molecule has 23 heavy (non-hydrogen) atoms. The van der Waals surface area contributed by atoms with Crippen LogP contribution in [0.5, 0.6) is 0 Å². The minimum atomic E-state index is -3.80. The molecule has 1 aliphatic heterocycles. The molecule has 0 fully saturated rings. The fourth-order valence-electron chi connectivity index (χ4n) is 2.54. The number of hydrogen-bond donors (Lipinski definition) is 1. The number of aromatic nitrogens is 1. The van der Waals surface area contributed by atoms with E-state index in [1.54, 1.807) is 5.51 Å². The third-order valence-electron chi connectivity index (χ3n) is 3.77. The first kappa shape index (κ1) is 16.1. The van der Waals surface area contributed by atoms with Crippen LogP contribution >= 0.6 is 11.3 Å². The first-order chi connectivity index (χ1) is 11.0. The molecule has 2 heterocycles. The SMILES string of the molecule is O=C(CCc1cscn1)NS(=O)(=O)N1CCc2ccccc2C1. The zero-order valence-corrected chi connectivity index (χ0v) is 14.1. The van der Waals surface area contributed by atoms with Gasteiger partial charge in [-0.3, -0.25) is 4.79 Å². The predicted molar refractivity (Wildman–Crippen MR) is 88.1 cm³/mol. The van der Waals surface area contributed by atoms with Gasteiger partial charge in [0.05, 0.1) is 11.2 Å². The summed E-state index contributed by atoms with van der Waals surface area (Å²) in [6.45, 7) is 0.677. The van der Waals surface area contributed by atoms with E-state index in [2.05, 4.69) is 9.71 Å². The zero-order chi connectivity index (χ0) is 16.3. The summed E-state index contributed by atoms with van der Waals surface area (Å²) in [5.41, 5.74) is 4.64. The highest BCUT2D eigenvalue weighted by atomic mass is 32.2. The minimum absolute atomic E-state index is 0.105. The summed E-state index contributed by atoms with van der Waals surface area (Å²) in [5.74, 6) is -0.503. The Kier molecular flexibility index (Phi) is 4.74. The average molecular weight is 351 g/mol. The molecule has 122 valence electrons. The van der Waals surface area contributed by atoms with Crippen molar-refractivity contribution in [1.82, 2.24) is 14.0 Å². The Labute approximate surface area is 139 Å². The van der Waals surface area contributed by atoms with Crippen molar-refractivity contribution in [2.24, 2.45) is 0 Å². The van der Waals surface area contributed by atoms with E-state index in [0.717, 1.165) is 16.8 Å². The second-order valence-electron chi connectivity index (χ2n) is 5.36. The zero-order valence-electron chi connectivity index (χ0n) is 12.4. The van der Waals surface area contributed by atoms with E-state index in [9.17, 15) is 13.2 Å². The standard InChI is InChI=1S/C15H17N3O3S2/c19-15(6-5-14-10-22-11-16-14)17-23(20,21)18-8-7-12-3-1-2-4-13(12)9-18/h1-4,10-11H,5-9H2,(H,17,19). The Morgan fingerprint density at radius 1 is 1.30 bits per heavy atom. The number of aryl methyl sites for hydroxylation is 1. The molecule has 0 aliphatic carbocycles. The summed E-state index contributed by atoms with van der Waals surface area (Å²) in [5, 5.41) is 1.85. The van der Waals surface area contributed by atoms with Crippen LogP contribution in [0.25, 0.3) is 0 Å². The number of fused-ring (bicyclic) bond motifs is 1. The maximum Gasteiger partial charge on any atom is 0.304 e. The van der Waals surface area contributed by atoms with E-state index in [4.69, 9.17) is 0 Å². The van der Waals surface area contributed by atoms with Gasteiger partial charge in [-0.2, -0.15) is 12.7 Å². The minimum Gasteiger partial charge on any atom is -0.274 e. The highest BCUT2D eigenvalue weighted by molar-refractivity contribution is 7.87. The van der Waals surface area contributed by atoms with E-state index < -0.39 is 16.1 Å². The van der Waals surface area contributed by atoms with Gasteiger partial charge in [0.15, 0.2) is 0 Å². The predicted octanol–water partition coefficient (Wildman–Crippen LogP) is 1.49. The number of carbonyl (C=O) groups excluding carboxylic acids is 1. The third kappa shape index (κ3) is 3.95. The van der Waals surface area contributed by atoms with E-state index in [1.807, 2.05) is 29.6 Å². The first-order valence-corrected chi connectivity index (χ1v) is 9.67. The second-order valence-corrected chi connectivity index (χ2v) is 7.75. The Hall–Kier alpha value is -1.77. The fourth-order valence-corrected chi connectivity index (χ4v) is 4.29. The molecule has 6 nitrogen and oxygen atoms in total. The molecule has 0 saturated heterocycles. The van der Waals surface area contributed by atoms with Gasteiger partial charge in [-0.15, -0.1) is 11.3 Å². The van der Waals surface area contributed by atoms with Gasteiger partial charge in [-0.05, 0) is 24.0 Å². The number of benzene rings is 1. The molecule has 0 bridgehead atoms. The lowest BCUT2D eigenvalue weighted by Gasteiger charge is -2.27. The van der Waals surface area contributed by atoms with Gasteiger partial charge in [-0.1, -0.05) is 24.3 Å². The normalized spacial score (nSPS) is 15.1. The summed E-state index contributed by atoms with van der Waals surface area (Å²) in [7, 11) is -3.80. The molecule has 1 aliphatic rings. The largest absolute Gasteiger partial charge is 0.304 e. The molecular weight excluding hydrogens is 334 g/mol. The molecule has 8 heteroatoms. The maximum absolute atomic E-state index is 12.3. The van der Waals surface area contributed by atoms with Crippen LogP contribution in [0.15, 0.2) is 35.2 Å². The highest BCUT2D eigenvalue weighted by Gasteiger charge is 2.27. The van der Waals surface area contributed by atoms with E-state index >= 15 is 0 Å². The Balaban J connectivity index is 1.60. The number of hydrogen-bond acceptors (Lipinski definition) is 5. The van der Waals surface area contributed by atoms with Crippen molar-refractivity contribution in [3.8, 4) is 0 Å². The quantitative estimate of drug-likeness (QED) is 0.885. The highest BCUT2D eigenvalue weighted by Crippen LogP contribution is 2.20. The van der Waals surface area contributed by atoms with Crippen molar-refractivity contribution in [3.63, 3.8) is 0 Å². The van der Waals surface area contributed by atoms with E-state index in [0.29, 0.717) is 25.9 Å². The van der Waals surface area contributed by atoms with Crippen LogP contribution in [0.1, 0.15) is 23.2 Å². The van der Waals surface area contributed by atoms with Gasteiger partial charge in [0.1, 0.15) is 0 Å². The van der Waals surface area contributed by atoms with Crippen LogP contribution in [0.3, 0.4) is 0 Å². The Bertz CT molecular complexity index is 788. The van der Waals surface area contributed by atoms with Crippen LogP contribution in [-0.2, 0) is 34.4 Å². The molecule has 1 aromatic heterocycles. The van der Waals surface area contributed by atoms with Gasteiger partial charge in [0.25, 0.3) is 0 Å². The Morgan fingerprint density at radius 2 is 2.09 bits per heavy atom. The van der Waals surface area contributed by atoms with E-state index in [1.165, 1.54) is 15.6 Å². The van der Waals surface area contributed by atoms with E-state index in [-0.39, 0.29) is 6.42 Å². The molecule has 0 atom stereocenters. The van der Waals surface area contributed by atoms with Gasteiger partial charge in [0.2, 0.25) is 5.91 Å². The smallest absolute Gasteiger partial charge is 0.274 e. The van der Waals surface area contributed by atoms with Crippen molar-refractivity contribution >= 4 is 27.5 Å². The van der Waals surface area contributed by atoms with Crippen molar-refractivity contribution < 1.29 is 13.2 Å². The number of carbonyl (C=O) groups is 1. The van der Waals surface area contributed by atoms with Gasteiger partial charge in [-0.25, -0.2) is 9.71 Å². The number of nitrogens with zero attached hydrogens (tertiary/aromatic N) is 2. The number of amides is 1. The molecule has 2 aromatic rings. The number of thiazole rings is 1. The second kappa shape index (κ2) is 6.77. The molecule has 1 N–H and O–H groups in total. The third-order valence-corrected chi connectivity index (χ3v) is 5.88. The molecule has 0 radical (unpaired) electrons. The summed E-state index contributed by atoms with van der Waals surface area (Å²) >= 11 is 1.45. The van der Waals surface area contributed by atoms with Gasteiger partial charge >= 0.3 is 10.2 Å². The lowest BCUT2D eigenvalue weighted by Crippen LogP contribution is -2.45. The van der Waals surface area contributed by atoms with Crippen LogP contribution in [-0.4, -0.2) is 30.2 Å². The maximum atomic E-state index is 12.3. The molecule has 0 unspecified atom stereocenters. The van der Waals surface area contributed by atoms with Crippen LogP contribution < -0.4 is 4.72 Å². The number of nitrogens with one attached hydrogen (secondary N) is 1. The van der Waals surface area contributed by atoms with Crippen LogP contribution in [0.2, 0.25) is 0 Å². The van der Waals surface area contributed by atoms with Gasteiger partial charge in [0, 0.05) is 24.9 Å². The topological polar surface area (TPSA) is 79.4 Å². The molecule has 0 spiro atoms. The lowest BCUT2D eigenvalue weighted by atomic mass is 10.0. The fraction of sp³-hybridized carbons (Fsp3) is 0.333. The summed E-state index contributed by atoms with van der Waals surface area (Å²) < 4.78 is 28.2. The average Bonchev–Trinajstić information content (AvgIpc) is 3.05. The first-order valence-electron chi connectivity index (χ1n) is 7.29. The molecule has 1 aromatic carbocycles. The summed E-state index contributed by atoms with van der Waals surface area (Å²) in [6.07, 6.45) is 1.20. The molecular formula is C15H17N3O3S2. The summed E-state index contributed by atoms with van der Waals surface area (Å²) in [4.78, 5) is 16.0. The molecule has 3 rings (SSSR count). The molecule has 0 saturated carbocycles. The van der Waals surface area contributed by atoms with Crippen LogP contribution in [0.4, 0.5) is 0 Å². The van der Waals surface area contributed by atoms with Crippen molar-refractivity contribution in [2.75, 3.05) is 6.54 Å².